The summed E-state index contributed by atoms with van der Waals surface area (Å²) in [6, 6.07) is 0. The third kappa shape index (κ3) is 0.586. The SMILES string of the molecule is O=C1CC=Nc2cnoc21. The van der Waals surface area contributed by atoms with Gasteiger partial charge in [0.2, 0.25) is 11.5 Å². The van der Waals surface area contributed by atoms with Crippen LogP contribution in [0.15, 0.2) is 15.7 Å². The fourth-order valence-electron chi connectivity index (χ4n) is 0.840. The predicted octanol–water partition coefficient (Wildman–Crippen LogP) is 0.963. The number of ketones is 1. The molecule has 4 nitrogen and oxygen atoms in total. The Morgan fingerprint density at radius 1 is 1.60 bits per heavy atom. The summed E-state index contributed by atoms with van der Waals surface area (Å²) in [5, 5.41) is 3.44. The van der Waals surface area contributed by atoms with E-state index in [2.05, 4.69) is 14.7 Å². The number of Topliss-reactive ketones (excluding diaryl/α,β-unsaturated/α-hetero) is 1. The Balaban J connectivity index is 2.62. The molecule has 50 valence electrons. The topological polar surface area (TPSA) is 55.5 Å². The van der Waals surface area contributed by atoms with Crippen molar-refractivity contribution >= 4 is 17.7 Å². The molecular weight excluding hydrogens is 132 g/mol. The maximum absolute atomic E-state index is 10.9. The number of nitrogens with zero attached hydrogens (tertiary/aromatic N) is 2. The summed E-state index contributed by atoms with van der Waals surface area (Å²) >= 11 is 0. The summed E-state index contributed by atoms with van der Waals surface area (Å²) in [4.78, 5) is 14.8. The highest BCUT2D eigenvalue weighted by Crippen LogP contribution is 2.22. The molecule has 0 radical (unpaired) electrons. The minimum Gasteiger partial charge on any atom is -0.351 e. The molecule has 0 bridgehead atoms. The van der Waals surface area contributed by atoms with Gasteiger partial charge in [-0.3, -0.25) is 9.79 Å². The molecule has 2 heterocycles. The van der Waals surface area contributed by atoms with Crippen LogP contribution >= 0.6 is 0 Å². The lowest BCUT2D eigenvalue weighted by Crippen LogP contribution is -2.01. The van der Waals surface area contributed by atoms with Gasteiger partial charge in [0.15, 0.2) is 0 Å². The molecule has 2 rings (SSSR count). The highest BCUT2D eigenvalue weighted by molar-refractivity contribution is 6.07. The molecule has 0 unspecified atom stereocenters. The number of carbonyl (C=O) groups excluding carboxylic acids is 1. The van der Waals surface area contributed by atoms with Crippen molar-refractivity contribution in [3.8, 4) is 0 Å². The molecule has 0 saturated carbocycles. The van der Waals surface area contributed by atoms with E-state index in [9.17, 15) is 4.79 Å². The zero-order valence-electron chi connectivity index (χ0n) is 5.07. The largest absolute Gasteiger partial charge is 0.351 e. The Morgan fingerprint density at radius 2 is 2.50 bits per heavy atom. The van der Waals surface area contributed by atoms with E-state index in [4.69, 9.17) is 0 Å². The molecule has 0 aromatic carbocycles. The van der Waals surface area contributed by atoms with Gasteiger partial charge in [-0.2, -0.15) is 0 Å². The second-order valence-electron chi connectivity index (χ2n) is 1.98. The zero-order valence-corrected chi connectivity index (χ0v) is 5.07. The Morgan fingerprint density at radius 3 is 3.30 bits per heavy atom. The number of rotatable bonds is 0. The van der Waals surface area contributed by atoms with E-state index in [1.807, 2.05) is 0 Å². The van der Waals surface area contributed by atoms with Crippen LogP contribution in [0.1, 0.15) is 17.0 Å². The lowest BCUT2D eigenvalue weighted by molar-refractivity contribution is 0.0966. The van der Waals surface area contributed by atoms with Crippen LogP contribution in [0.3, 0.4) is 0 Å². The number of hydrogen-bond acceptors (Lipinski definition) is 4. The minimum atomic E-state index is -0.0532. The van der Waals surface area contributed by atoms with Gasteiger partial charge in [0.05, 0.1) is 6.20 Å². The summed E-state index contributed by atoms with van der Waals surface area (Å²) in [6.07, 6.45) is 3.31. The smallest absolute Gasteiger partial charge is 0.228 e. The lowest BCUT2D eigenvalue weighted by Gasteiger charge is -1.96. The van der Waals surface area contributed by atoms with Crippen LogP contribution in [0.2, 0.25) is 0 Å². The van der Waals surface area contributed by atoms with E-state index >= 15 is 0 Å². The lowest BCUT2D eigenvalue weighted by atomic mass is 10.2. The van der Waals surface area contributed by atoms with Crippen molar-refractivity contribution in [2.45, 2.75) is 6.42 Å². The van der Waals surface area contributed by atoms with Crippen LogP contribution < -0.4 is 0 Å². The Bertz CT molecular complexity index is 300. The third-order valence-electron chi connectivity index (χ3n) is 1.31. The van der Waals surface area contributed by atoms with Crippen molar-refractivity contribution < 1.29 is 9.32 Å². The standard InChI is InChI=1S/C6H4N2O2/c9-5-1-2-7-4-3-8-10-6(4)5/h2-3H,1H2. The van der Waals surface area contributed by atoms with Crippen molar-refractivity contribution in [2.24, 2.45) is 4.99 Å². The molecule has 0 N–H and O–H groups in total. The predicted molar refractivity (Wildman–Crippen MR) is 33.6 cm³/mol. The Labute approximate surface area is 56.5 Å². The normalized spacial score (nSPS) is 15.4. The van der Waals surface area contributed by atoms with Gasteiger partial charge in [0.1, 0.15) is 5.69 Å². The van der Waals surface area contributed by atoms with Crippen LogP contribution in [-0.4, -0.2) is 17.2 Å². The molecule has 1 aromatic rings. The second kappa shape index (κ2) is 1.76. The van der Waals surface area contributed by atoms with Gasteiger partial charge < -0.3 is 4.52 Å². The maximum atomic E-state index is 10.9. The number of aliphatic imine (C=N–C) groups is 1. The second-order valence-corrected chi connectivity index (χ2v) is 1.98. The van der Waals surface area contributed by atoms with Crippen molar-refractivity contribution in [1.82, 2.24) is 5.16 Å². The number of carbonyl (C=O) groups is 1. The summed E-state index contributed by atoms with van der Waals surface area (Å²) in [5.74, 6) is 0.227. The molecule has 4 heteroatoms. The zero-order chi connectivity index (χ0) is 6.97. The third-order valence-corrected chi connectivity index (χ3v) is 1.31. The highest BCUT2D eigenvalue weighted by Gasteiger charge is 2.18. The molecular formula is C6H4N2O2. The average Bonchev–Trinajstić information content (AvgIpc) is 2.36. The minimum absolute atomic E-state index is 0.0532. The van der Waals surface area contributed by atoms with Gasteiger partial charge in [-0.15, -0.1) is 0 Å². The monoisotopic (exact) mass is 136 g/mol. The number of hydrogen-bond donors (Lipinski definition) is 0. The molecule has 1 aromatic heterocycles. The first-order chi connectivity index (χ1) is 4.88. The van der Waals surface area contributed by atoms with Gasteiger partial charge in [-0.05, 0) is 0 Å². The molecule has 10 heavy (non-hydrogen) atoms. The van der Waals surface area contributed by atoms with Gasteiger partial charge in [-0.1, -0.05) is 5.16 Å². The first-order valence-corrected chi connectivity index (χ1v) is 2.88. The van der Waals surface area contributed by atoms with Crippen LogP contribution in [0.5, 0.6) is 0 Å². The van der Waals surface area contributed by atoms with E-state index in [0.29, 0.717) is 12.1 Å². The summed E-state index contributed by atoms with van der Waals surface area (Å²) in [7, 11) is 0. The van der Waals surface area contributed by atoms with Gasteiger partial charge >= 0.3 is 0 Å². The fraction of sp³-hybridized carbons (Fsp3) is 0.167. The molecule has 1 aliphatic rings. The first-order valence-electron chi connectivity index (χ1n) is 2.88. The van der Waals surface area contributed by atoms with Gasteiger partial charge in [0.25, 0.3) is 0 Å². The fourth-order valence-corrected chi connectivity index (χ4v) is 0.840. The quantitative estimate of drug-likeness (QED) is 0.533. The molecule has 1 aliphatic heterocycles. The van der Waals surface area contributed by atoms with Crippen LogP contribution in [0, 0.1) is 0 Å². The van der Waals surface area contributed by atoms with E-state index in [-0.39, 0.29) is 11.5 Å². The Hall–Kier alpha value is -1.45. The molecule has 0 fully saturated rings. The van der Waals surface area contributed by atoms with Gasteiger partial charge in [-0.25, -0.2) is 0 Å². The van der Waals surface area contributed by atoms with Crippen LogP contribution in [0.25, 0.3) is 0 Å². The summed E-state index contributed by atoms with van der Waals surface area (Å²) in [5.41, 5.74) is 0.538. The van der Waals surface area contributed by atoms with E-state index in [0.717, 1.165) is 0 Å². The number of fused-ring (bicyclic) bond motifs is 1. The van der Waals surface area contributed by atoms with Crippen molar-refractivity contribution in [3.05, 3.63) is 12.0 Å². The van der Waals surface area contributed by atoms with Crippen molar-refractivity contribution in [3.63, 3.8) is 0 Å². The summed E-state index contributed by atoms with van der Waals surface area (Å²) < 4.78 is 4.65. The molecule has 0 amide bonds. The van der Waals surface area contributed by atoms with E-state index in [1.54, 1.807) is 6.21 Å². The summed E-state index contributed by atoms with van der Waals surface area (Å²) in [6.45, 7) is 0. The molecule has 0 atom stereocenters. The molecule has 0 aliphatic carbocycles. The highest BCUT2D eigenvalue weighted by atomic mass is 16.5. The van der Waals surface area contributed by atoms with Crippen LogP contribution in [-0.2, 0) is 0 Å². The molecule has 0 saturated heterocycles. The Kier molecular flexibility index (Phi) is 0.943. The van der Waals surface area contributed by atoms with Crippen molar-refractivity contribution in [1.29, 1.82) is 0 Å². The molecule has 0 spiro atoms. The van der Waals surface area contributed by atoms with Crippen molar-refractivity contribution in [2.75, 3.05) is 0 Å². The van der Waals surface area contributed by atoms with E-state index in [1.165, 1.54) is 6.20 Å². The maximum Gasteiger partial charge on any atom is 0.228 e. The van der Waals surface area contributed by atoms with E-state index < -0.39 is 0 Å². The first kappa shape index (κ1) is 5.34. The average molecular weight is 136 g/mol. The number of aromatic nitrogens is 1. The van der Waals surface area contributed by atoms with Crippen LogP contribution in [0.4, 0.5) is 5.69 Å². The van der Waals surface area contributed by atoms with Gasteiger partial charge in [0, 0.05) is 12.6 Å².